The second kappa shape index (κ2) is 11.6. The van der Waals surface area contributed by atoms with Gasteiger partial charge in [-0.3, -0.25) is 14.4 Å². The molecule has 2 N–H and O–H groups in total. The van der Waals surface area contributed by atoms with Crippen LogP contribution in [0, 0.1) is 0 Å². The van der Waals surface area contributed by atoms with Gasteiger partial charge < -0.3 is 19.9 Å². The number of halogens is 1. The zero-order valence-electron chi connectivity index (χ0n) is 17.1. The van der Waals surface area contributed by atoms with Gasteiger partial charge in [-0.2, -0.15) is 0 Å². The maximum Gasteiger partial charge on any atom is 0.263 e. The number of aromatic nitrogens is 1. The molecule has 3 rings (SSSR count). The lowest BCUT2D eigenvalue weighted by Gasteiger charge is -2.12. The van der Waals surface area contributed by atoms with E-state index in [1.807, 2.05) is 30.3 Å². The summed E-state index contributed by atoms with van der Waals surface area (Å²) in [6, 6.07) is 10.9. The highest BCUT2D eigenvalue weighted by Gasteiger charge is 2.18. The van der Waals surface area contributed by atoms with Gasteiger partial charge in [-0.25, -0.2) is 0 Å². The second-order valence-electron chi connectivity index (χ2n) is 7.15. The first kappa shape index (κ1) is 23.8. The summed E-state index contributed by atoms with van der Waals surface area (Å²) in [6.45, 7) is 2.63. The lowest BCUT2D eigenvalue weighted by molar-refractivity contribution is 0.0623. The van der Waals surface area contributed by atoms with Gasteiger partial charge in [-0.15, -0.1) is 12.4 Å². The molecular weight excluding hydrogens is 406 g/mol. The summed E-state index contributed by atoms with van der Waals surface area (Å²) < 4.78 is 7.18. The number of carbonyl (C=O) groups is 2. The maximum atomic E-state index is 12.7. The molecule has 0 saturated carbocycles. The minimum Gasteiger partial charge on any atom is -0.377 e. The van der Waals surface area contributed by atoms with Gasteiger partial charge >= 0.3 is 0 Å². The minimum absolute atomic E-state index is 0. The average molecular weight is 434 g/mol. The van der Waals surface area contributed by atoms with E-state index in [1.54, 1.807) is 6.20 Å². The Balaban J connectivity index is 0.00000320. The molecule has 1 aliphatic rings. The molecule has 0 radical (unpaired) electrons. The average Bonchev–Trinajstić information content (AvgIpc) is 3.26. The SMILES string of the molecule is CNC(=O)c1cc(C(=O)CCCOC2CCNC2)cn(Cc2ccccc2)c1=O.Cl. The van der Waals surface area contributed by atoms with Gasteiger partial charge in [0.2, 0.25) is 0 Å². The highest BCUT2D eigenvalue weighted by atomic mass is 35.5. The van der Waals surface area contributed by atoms with Crippen molar-refractivity contribution in [1.29, 1.82) is 0 Å². The van der Waals surface area contributed by atoms with E-state index in [4.69, 9.17) is 4.74 Å². The Hall–Kier alpha value is -2.48. The van der Waals surface area contributed by atoms with E-state index >= 15 is 0 Å². The molecule has 0 aliphatic carbocycles. The number of Topliss-reactive ketones (excluding diaryl/α,β-unsaturated/α-hetero) is 1. The number of benzene rings is 1. The number of ether oxygens (including phenoxy) is 1. The quantitative estimate of drug-likeness (QED) is 0.466. The molecule has 0 spiro atoms. The van der Waals surface area contributed by atoms with Crippen molar-refractivity contribution in [3.05, 3.63) is 69.6 Å². The molecule has 1 unspecified atom stereocenters. The number of rotatable bonds is 9. The van der Waals surface area contributed by atoms with E-state index in [2.05, 4.69) is 10.6 Å². The zero-order chi connectivity index (χ0) is 20.6. The predicted molar refractivity (Wildman–Crippen MR) is 118 cm³/mol. The van der Waals surface area contributed by atoms with E-state index in [-0.39, 0.29) is 29.9 Å². The smallest absolute Gasteiger partial charge is 0.263 e. The number of nitrogens with one attached hydrogen (secondary N) is 2. The third-order valence-corrected chi connectivity index (χ3v) is 4.99. The lowest BCUT2D eigenvalue weighted by atomic mass is 10.1. The Morgan fingerprint density at radius 1 is 1.27 bits per heavy atom. The highest BCUT2D eigenvalue weighted by Crippen LogP contribution is 2.10. The number of nitrogens with zero attached hydrogens (tertiary/aromatic N) is 1. The Kier molecular flexibility index (Phi) is 9.23. The fourth-order valence-electron chi connectivity index (χ4n) is 3.38. The van der Waals surface area contributed by atoms with Gasteiger partial charge in [0.25, 0.3) is 11.5 Å². The summed E-state index contributed by atoms with van der Waals surface area (Å²) in [7, 11) is 1.47. The molecule has 1 aromatic carbocycles. The topological polar surface area (TPSA) is 89.4 Å². The number of amides is 1. The first-order chi connectivity index (χ1) is 14.1. The number of pyridine rings is 1. The molecule has 30 heavy (non-hydrogen) atoms. The molecule has 1 atom stereocenters. The van der Waals surface area contributed by atoms with Crippen LogP contribution in [0.15, 0.2) is 47.4 Å². The molecule has 1 saturated heterocycles. The van der Waals surface area contributed by atoms with Crippen molar-refractivity contribution in [2.45, 2.75) is 31.9 Å². The van der Waals surface area contributed by atoms with Gasteiger partial charge in [0.15, 0.2) is 5.78 Å². The van der Waals surface area contributed by atoms with Gasteiger partial charge in [0, 0.05) is 38.4 Å². The van der Waals surface area contributed by atoms with Crippen molar-refractivity contribution >= 4 is 24.1 Å². The molecule has 1 amide bonds. The summed E-state index contributed by atoms with van der Waals surface area (Å²) in [5.41, 5.74) is 0.840. The van der Waals surface area contributed by atoms with Crippen molar-refractivity contribution in [1.82, 2.24) is 15.2 Å². The van der Waals surface area contributed by atoms with E-state index in [0.29, 0.717) is 31.6 Å². The first-order valence-electron chi connectivity index (χ1n) is 9.94. The van der Waals surface area contributed by atoms with Crippen LogP contribution in [0.2, 0.25) is 0 Å². The van der Waals surface area contributed by atoms with Gasteiger partial charge in [-0.05, 0) is 31.0 Å². The van der Waals surface area contributed by atoms with E-state index < -0.39 is 11.5 Å². The van der Waals surface area contributed by atoms with Gasteiger partial charge in [-0.1, -0.05) is 30.3 Å². The summed E-state index contributed by atoms with van der Waals surface area (Å²) in [5.74, 6) is -0.603. The summed E-state index contributed by atoms with van der Waals surface area (Å²) in [6.07, 6.45) is 3.66. The molecule has 1 aliphatic heterocycles. The normalized spacial score (nSPS) is 15.4. The van der Waals surface area contributed by atoms with Crippen molar-refractivity contribution in [3.8, 4) is 0 Å². The van der Waals surface area contributed by atoms with Gasteiger partial charge in [0.05, 0.1) is 12.6 Å². The molecular formula is C22H28ClN3O4. The minimum atomic E-state index is -0.497. The van der Waals surface area contributed by atoms with Crippen LogP contribution in [-0.2, 0) is 11.3 Å². The molecule has 0 bridgehead atoms. The molecule has 162 valence electrons. The van der Waals surface area contributed by atoms with Crippen LogP contribution in [0.1, 0.15) is 45.5 Å². The molecule has 8 heteroatoms. The standard InChI is InChI=1S/C22H27N3O4.ClH/c1-23-21(27)19-12-17(20(26)8-5-11-29-18-9-10-24-13-18)15-25(22(19)28)14-16-6-3-2-4-7-16;/h2-4,6-7,12,15,18,24H,5,8-11,13-14H2,1H3,(H,23,27);1H. The number of hydrogen-bond acceptors (Lipinski definition) is 5. The number of hydrogen-bond donors (Lipinski definition) is 2. The monoisotopic (exact) mass is 433 g/mol. The summed E-state index contributed by atoms with van der Waals surface area (Å²) >= 11 is 0. The summed E-state index contributed by atoms with van der Waals surface area (Å²) in [4.78, 5) is 37.6. The first-order valence-corrected chi connectivity index (χ1v) is 9.94. The van der Waals surface area contributed by atoms with Crippen molar-refractivity contribution in [2.75, 3.05) is 26.7 Å². The fraction of sp³-hybridized carbons (Fsp3) is 0.409. The number of ketones is 1. The van der Waals surface area contributed by atoms with Crippen molar-refractivity contribution in [3.63, 3.8) is 0 Å². The third kappa shape index (κ3) is 6.26. The maximum absolute atomic E-state index is 12.7. The lowest BCUT2D eigenvalue weighted by Crippen LogP contribution is -2.32. The Morgan fingerprint density at radius 3 is 2.70 bits per heavy atom. The number of carbonyl (C=O) groups excluding carboxylic acids is 2. The zero-order valence-corrected chi connectivity index (χ0v) is 17.9. The van der Waals surface area contributed by atoms with Crippen LogP contribution in [-0.4, -0.2) is 49.1 Å². The Bertz CT molecular complexity index is 908. The van der Waals surface area contributed by atoms with E-state index in [9.17, 15) is 14.4 Å². The Morgan fingerprint density at radius 2 is 2.03 bits per heavy atom. The third-order valence-electron chi connectivity index (χ3n) is 4.99. The van der Waals surface area contributed by atoms with Crippen LogP contribution in [0.3, 0.4) is 0 Å². The van der Waals surface area contributed by atoms with Crippen LogP contribution < -0.4 is 16.2 Å². The second-order valence-corrected chi connectivity index (χ2v) is 7.15. The van der Waals surface area contributed by atoms with E-state index in [0.717, 1.165) is 25.1 Å². The molecule has 2 aromatic rings. The molecule has 2 heterocycles. The molecule has 1 fully saturated rings. The van der Waals surface area contributed by atoms with Crippen molar-refractivity contribution in [2.24, 2.45) is 0 Å². The van der Waals surface area contributed by atoms with Gasteiger partial charge in [0.1, 0.15) is 5.56 Å². The van der Waals surface area contributed by atoms with Crippen LogP contribution in [0.5, 0.6) is 0 Å². The highest BCUT2D eigenvalue weighted by molar-refractivity contribution is 6.00. The van der Waals surface area contributed by atoms with Crippen LogP contribution in [0.4, 0.5) is 0 Å². The molecule has 7 nitrogen and oxygen atoms in total. The van der Waals surface area contributed by atoms with Crippen LogP contribution in [0.25, 0.3) is 0 Å². The summed E-state index contributed by atoms with van der Waals surface area (Å²) in [5, 5.41) is 5.71. The van der Waals surface area contributed by atoms with Crippen molar-refractivity contribution < 1.29 is 14.3 Å². The fourth-order valence-corrected chi connectivity index (χ4v) is 3.38. The van der Waals surface area contributed by atoms with Crippen LogP contribution >= 0.6 is 12.4 Å². The molecule has 1 aromatic heterocycles. The predicted octanol–water partition coefficient (Wildman–Crippen LogP) is 2.02. The van der Waals surface area contributed by atoms with E-state index in [1.165, 1.54) is 17.7 Å². The largest absolute Gasteiger partial charge is 0.377 e. The Labute approximate surface area is 182 Å².